The smallest absolute Gasteiger partial charge is 0.250 e. The first kappa shape index (κ1) is 16.2. The number of hydrazine groups is 1. The van der Waals surface area contributed by atoms with E-state index in [0.717, 1.165) is 5.75 Å². The van der Waals surface area contributed by atoms with Crippen LogP contribution in [0.1, 0.15) is 32.4 Å². The number of pyridine rings is 1. The van der Waals surface area contributed by atoms with Gasteiger partial charge < -0.3 is 4.74 Å². The summed E-state index contributed by atoms with van der Waals surface area (Å²) in [5.74, 6) is 7.45. The fraction of sp³-hybridized carbons (Fsp3) is 0.615. The van der Waals surface area contributed by atoms with Crippen LogP contribution in [0, 0.1) is 11.7 Å². The molecule has 108 valence electrons. The number of hydrogen-bond acceptors (Lipinski definition) is 5. The van der Waals surface area contributed by atoms with E-state index in [4.69, 9.17) is 10.6 Å². The van der Waals surface area contributed by atoms with E-state index < -0.39 is 5.82 Å². The van der Waals surface area contributed by atoms with E-state index in [-0.39, 0.29) is 11.9 Å². The average molecular weight is 287 g/mol. The normalized spacial score (nSPS) is 12.7. The van der Waals surface area contributed by atoms with Crippen molar-refractivity contribution in [3.63, 3.8) is 0 Å². The van der Waals surface area contributed by atoms with Gasteiger partial charge in [-0.1, -0.05) is 13.8 Å². The molecule has 0 aromatic carbocycles. The first-order chi connectivity index (χ1) is 9.10. The molecule has 1 heterocycles. The third-order valence-electron chi connectivity index (χ3n) is 2.48. The topological polar surface area (TPSA) is 60.2 Å². The molecule has 0 spiro atoms. The highest BCUT2D eigenvalue weighted by atomic mass is 32.2. The van der Waals surface area contributed by atoms with Gasteiger partial charge in [-0.2, -0.15) is 11.8 Å². The zero-order valence-electron chi connectivity index (χ0n) is 11.6. The highest BCUT2D eigenvalue weighted by molar-refractivity contribution is 7.99. The van der Waals surface area contributed by atoms with E-state index in [1.54, 1.807) is 30.9 Å². The standard InChI is InChI=1S/C13H22FN3OS/c1-4-18-13-12(14)10(5-6-16-13)11(17-15)8-19-7-9(2)3/h5-6,9,11,17H,4,7-8,15H2,1-3H3. The van der Waals surface area contributed by atoms with Crippen LogP contribution in [0.25, 0.3) is 0 Å². The predicted molar refractivity (Wildman–Crippen MR) is 77.6 cm³/mol. The SMILES string of the molecule is CCOc1nccc(C(CSCC(C)C)NN)c1F. The summed E-state index contributed by atoms with van der Waals surface area (Å²) in [5.41, 5.74) is 3.16. The molecule has 1 unspecified atom stereocenters. The summed E-state index contributed by atoms with van der Waals surface area (Å²) in [6.45, 7) is 6.48. The van der Waals surface area contributed by atoms with Gasteiger partial charge in [-0.05, 0) is 24.7 Å². The maximum atomic E-state index is 14.2. The van der Waals surface area contributed by atoms with Crippen molar-refractivity contribution in [2.24, 2.45) is 11.8 Å². The molecular weight excluding hydrogens is 265 g/mol. The van der Waals surface area contributed by atoms with Gasteiger partial charge in [0.2, 0.25) is 0 Å². The summed E-state index contributed by atoms with van der Waals surface area (Å²) >= 11 is 1.75. The lowest BCUT2D eigenvalue weighted by Gasteiger charge is -2.18. The summed E-state index contributed by atoms with van der Waals surface area (Å²) in [4.78, 5) is 3.88. The number of halogens is 1. The van der Waals surface area contributed by atoms with Crippen LogP contribution in [0.15, 0.2) is 12.3 Å². The molecule has 0 saturated heterocycles. The molecular formula is C13H22FN3OS. The molecule has 19 heavy (non-hydrogen) atoms. The van der Waals surface area contributed by atoms with Crippen molar-refractivity contribution in [3.05, 3.63) is 23.6 Å². The molecule has 6 heteroatoms. The number of nitrogens with one attached hydrogen (secondary N) is 1. The van der Waals surface area contributed by atoms with Crippen LogP contribution in [-0.4, -0.2) is 23.1 Å². The van der Waals surface area contributed by atoms with Gasteiger partial charge in [0, 0.05) is 17.5 Å². The van der Waals surface area contributed by atoms with Gasteiger partial charge in [-0.15, -0.1) is 0 Å². The monoisotopic (exact) mass is 287 g/mol. The summed E-state index contributed by atoms with van der Waals surface area (Å²) < 4.78 is 19.3. The zero-order chi connectivity index (χ0) is 14.3. The minimum Gasteiger partial charge on any atom is -0.476 e. The van der Waals surface area contributed by atoms with Gasteiger partial charge in [0.1, 0.15) is 0 Å². The second kappa shape index (κ2) is 8.35. The van der Waals surface area contributed by atoms with E-state index in [1.165, 1.54) is 0 Å². The fourth-order valence-electron chi connectivity index (χ4n) is 1.59. The number of rotatable bonds is 8. The Morgan fingerprint density at radius 1 is 1.47 bits per heavy atom. The molecule has 1 atom stereocenters. The number of ether oxygens (including phenoxy) is 1. The van der Waals surface area contributed by atoms with Gasteiger partial charge in [0.25, 0.3) is 5.88 Å². The van der Waals surface area contributed by atoms with E-state index in [2.05, 4.69) is 24.3 Å². The summed E-state index contributed by atoms with van der Waals surface area (Å²) in [6, 6.07) is 1.39. The van der Waals surface area contributed by atoms with Crippen molar-refractivity contribution in [3.8, 4) is 5.88 Å². The Morgan fingerprint density at radius 2 is 2.21 bits per heavy atom. The van der Waals surface area contributed by atoms with Crippen LogP contribution < -0.4 is 16.0 Å². The number of hydrogen-bond donors (Lipinski definition) is 2. The number of aromatic nitrogens is 1. The van der Waals surface area contributed by atoms with Gasteiger partial charge >= 0.3 is 0 Å². The minimum atomic E-state index is -0.433. The maximum Gasteiger partial charge on any atom is 0.250 e. The average Bonchev–Trinajstić information content (AvgIpc) is 2.38. The Kier molecular flexibility index (Phi) is 7.12. The first-order valence-electron chi connectivity index (χ1n) is 6.41. The van der Waals surface area contributed by atoms with E-state index >= 15 is 0 Å². The molecule has 0 aliphatic carbocycles. The maximum absolute atomic E-state index is 14.2. The van der Waals surface area contributed by atoms with E-state index in [9.17, 15) is 4.39 Å². The van der Waals surface area contributed by atoms with E-state index in [0.29, 0.717) is 23.8 Å². The van der Waals surface area contributed by atoms with Crippen molar-refractivity contribution in [1.29, 1.82) is 0 Å². The van der Waals surface area contributed by atoms with Crippen LogP contribution in [-0.2, 0) is 0 Å². The lowest BCUT2D eigenvalue weighted by atomic mass is 10.1. The molecule has 4 nitrogen and oxygen atoms in total. The second-order valence-corrected chi connectivity index (χ2v) is 5.68. The van der Waals surface area contributed by atoms with Crippen molar-refractivity contribution in [1.82, 2.24) is 10.4 Å². The molecule has 3 N–H and O–H groups in total. The molecule has 0 aliphatic heterocycles. The summed E-state index contributed by atoms with van der Waals surface area (Å²) in [5, 5.41) is 0. The third kappa shape index (κ3) is 4.97. The number of nitrogens with zero attached hydrogens (tertiary/aromatic N) is 1. The highest BCUT2D eigenvalue weighted by Gasteiger charge is 2.18. The Labute approximate surface area is 118 Å². The molecule has 0 amide bonds. The lowest BCUT2D eigenvalue weighted by molar-refractivity contribution is 0.304. The van der Waals surface area contributed by atoms with Crippen molar-refractivity contribution >= 4 is 11.8 Å². The van der Waals surface area contributed by atoms with Crippen LogP contribution in [0.4, 0.5) is 4.39 Å². The molecule has 0 saturated carbocycles. The Bertz CT molecular complexity index is 390. The van der Waals surface area contributed by atoms with Gasteiger partial charge in [0.15, 0.2) is 5.82 Å². The molecule has 0 radical (unpaired) electrons. The molecule has 0 fully saturated rings. The third-order valence-corrected chi connectivity index (χ3v) is 3.95. The minimum absolute atomic E-state index is 0.0362. The molecule has 1 aromatic heterocycles. The molecule has 0 aliphatic rings. The Hall–Kier alpha value is -0.850. The van der Waals surface area contributed by atoms with Gasteiger partial charge in [-0.25, -0.2) is 9.37 Å². The quantitative estimate of drug-likeness (QED) is 0.568. The van der Waals surface area contributed by atoms with Crippen LogP contribution in [0.2, 0.25) is 0 Å². The zero-order valence-corrected chi connectivity index (χ0v) is 12.5. The van der Waals surface area contributed by atoms with Crippen molar-refractivity contribution in [2.45, 2.75) is 26.8 Å². The largest absolute Gasteiger partial charge is 0.476 e. The van der Waals surface area contributed by atoms with Crippen molar-refractivity contribution in [2.75, 3.05) is 18.1 Å². The highest BCUT2D eigenvalue weighted by Crippen LogP contribution is 2.25. The number of nitrogens with two attached hydrogens (primary N) is 1. The first-order valence-corrected chi connectivity index (χ1v) is 7.56. The van der Waals surface area contributed by atoms with Crippen LogP contribution in [0.3, 0.4) is 0 Å². The Morgan fingerprint density at radius 3 is 2.79 bits per heavy atom. The van der Waals surface area contributed by atoms with Crippen molar-refractivity contribution < 1.29 is 9.13 Å². The van der Waals surface area contributed by atoms with Gasteiger partial charge in [0.05, 0.1) is 12.6 Å². The fourth-order valence-corrected chi connectivity index (χ4v) is 2.71. The van der Waals surface area contributed by atoms with E-state index in [1.807, 2.05) is 0 Å². The second-order valence-electron chi connectivity index (χ2n) is 4.60. The van der Waals surface area contributed by atoms with Crippen LogP contribution >= 0.6 is 11.8 Å². The number of thioether (sulfide) groups is 1. The predicted octanol–water partition coefficient (Wildman–Crippen LogP) is 2.51. The lowest BCUT2D eigenvalue weighted by Crippen LogP contribution is -2.30. The van der Waals surface area contributed by atoms with Gasteiger partial charge in [-0.3, -0.25) is 11.3 Å². The molecule has 1 rings (SSSR count). The summed E-state index contributed by atoms with van der Waals surface area (Å²) in [7, 11) is 0. The Balaban J connectivity index is 2.77. The molecule has 1 aromatic rings. The van der Waals surface area contributed by atoms with Crippen LogP contribution in [0.5, 0.6) is 5.88 Å². The molecule has 0 bridgehead atoms. The summed E-state index contributed by atoms with van der Waals surface area (Å²) in [6.07, 6.45) is 1.54.